The summed E-state index contributed by atoms with van der Waals surface area (Å²) in [7, 11) is 0. The van der Waals surface area contributed by atoms with Crippen molar-refractivity contribution in [3.63, 3.8) is 0 Å². The third-order valence-electron chi connectivity index (χ3n) is 5.93. The SMILES string of the molecule is CC(C)(c1cc2ccccc2s1)c1cc([C@@H]2O[C@H](CO)[C@@H](O)[C@H](O)[C@H]2O)ccc1F. The van der Waals surface area contributed by atoms with Crippen molar-refractivity contribution in [3.8, 4) is 0 Å². The smallest absolute Gasteiger partial charge is 0.127 e. The molecule has 1 aliphatic heterocycles. The fourth-order valence-corrected chi connectivity index (χ4v) is 5.18. The van der Waals surface area contributed by atoms with E-state index in [-0.39, 0.29) is 5.82 Å². The van der Waals surface area contributed by atoms with E-state index in [9.17, 15) is 24.8 Å². The Morgan fingerprint density at radius 1 is 1.00 bits per heavy atom. The number of rotatable bonds is 4. The molecule has 5 nitrogen and oxygen atoms in total. The summed E-state index contributed by atoms with van der Waals surface area (Å²) >= 11 is 1.60. The first-order valence-corrected chi connectivity index (χ1v) is 10.6. The second-order valence-electron chi connectivity index (χ2n) is 8.26. The Balaban J connectivity index is 1.74. The monoisotopic (exact) mass is 432 g/mol. The van der Waals surface area contributed by atoms with Crippen LogP contribution in [-0.2, 0) is 10.2 Å². The normalized spacial score (nSPS) is 27.5. The second-order valence-corrected chi connectivity index (χ2v) is 9.35. The summed E-state index contributed by atoms with van der Waals surface area (Å²) in [5, 5.41) is 41.1. The zero-order valence-electron chi connectivity index (χ0n) is 16.7. The van der Waals surface area contributed by atoms with Gasteiger partial charge in [-0.15, -0.1) is 11.3 Å². The molecule has 0 amide bonds. The highest BCUT2D eigenvalue weighted by molar-refractivity contribution is 7.19. The van der Waals surface area contributed by atoms with Crippen molar-refractivity contribution >= 4 is 21.4 Å². The third-order valence-corrected chi connectivity index (χ3v) is 7.37. The molecule has 2 heterocycles. The number of thiophene rings is 1. The summed E-state index contributed by atoms with van der Waals surface area (Å²) < 4.78 is 21.7. The number of aliphatic hydroxyl groups excluding tert-OH is 4. The lowest BCUT2D eigenvalue weighted by atomic mass is 9.80. The maximum absolute atomic E-state index is 14.9. The highest BCUT2D eigenvalue weighted by Gasteiger charge is 2.44. The summed E-state index contributed by atoms with van der Waals surface area (Å²) in [6.45, 7) is 3.36. The van der Waals surface area contributed by atoms with Gasteiger partial charge in [0.05, 0.1) is 6.61 Å². The van der Waals surface area contributed by atoms with Crippen molar-refractivity contribution in [2.75, 3.05) is 6.61 Å². The number of hydrogen-bond donors (Lipinski definition) is 4. The molecule has 4 N–H and O–H groups in total. The van der Waals surface area contributed by atoms with Crippen LogP contribution in [-0.4, -0.2) is 51.4 Å². The Kier molecular flexibility index (Phi) is 5.69. The van der Waals surface area contributed by atoms with Gasteiger partial charge in [0.15, 0.2) is 0 Å². The average Bonchev–Trinajstić information content (AvgIpc) is 3.18. The Labute approximate surface area is 178 Å². The first kappa shape index (κ1) is 21.4. The van der Waals surface area contributed by atoms with Crippen molar-refractivity contribution in [2.45, 2.75) is 49.8 Å². The molecule has 0 aliphatic carbocycles. The molecular formula is C23H25FO5S. The van der Waals surface area contributed by atoms with Gasteiger partial charge in [-0.3, -0.25) is 0 Å². The van der Waals surface area contributed by atoms with Crippen LogP contribution in [0.3, 0.4) is 0 Å². The van der Waals surface area contributed by atoms with E-state index < -0.39 is 42.5 Å². The van der Waals surface area contributed by atoms with Gasteiger partial charge in [-0.1, -0.05) is 38.1 Å². The number of halogens is 1. The van der Waals surface area contributed by atoms with Crippen molar-refractivity contribution in [2.24, 2.45) is 0 Å². The molecule has 1 aromatic heterocycles. The van der Waals surface area contributed by atoms with Gasteiger partial charge in [0, 0.05) is 15.0 Å². The maximum atomic E-state index is 14.9. The fourth-order valence-electron chi connectivity index (χ4n) is 4.00. The zero-order valence-corrected chi connectivity index (χ0v) is 17.5. The van der Waals surface area contributed by atoms with Crippen LogP contribution >= 0.6 is 11.3 Å². The third kappa shape index (κ3) is 3.56. The molecule has 3 aromatic rings. The minimum atomic E-state index is -1.48. The van der Waals surface area contributed by atoms with Crippen LogP contribution in [0, 0.1) is 5.82 Å². The van der Waals surface area contributed by atoms with Gasteiger partial charge in [-0.25, -0.2) is 4.39 Å². The van der Waals surface area contributed by atoms with Crippen LogP contribution < -0.4 is 0 Å². The molecule has 30 heavy (non-hydrogen) atoms. The van der Waals surface area contributed by atoms with Gasteiger partial charge >= 0.3 is 0 Å². The van der Waals surface area contributed by atoms with Crippen LogP contribution in [0.5, 0.6) is 0 Å². The molecular weight excluding hydrogens is 407 g/mol. The first-order chi connectivity index (χ1) is 14.2. The van der Waals surface area contributed by atoms with E-state index in [1.165, 1.54) is 12.1 Å². The maximum Gasteiger partial charge on any atom is 0.127 e. The van der Waals surface area contributed by atoms with Gasteiger partial charge in [0.1, 0.15) is 36.3 Å². The van der Waals surface area contributed by atoms with Crippen molar-refractivity contribution in [3.05, 3.63) is 70.4 Å². The highest BCUT2D eigenvalue weighted by atomic mass is 32.1. The molecule has 0 saturated carbocycles. The van der Waals surface area contributed by atoms with Crippen LogP contribution in [0.15, 0.2) is 48.5 Å². The van der Waals surface area contributed by atoms with Gasteiger partial charge in [0.2, 0.25) is 0 Å². The topological polar surface area (TPSA) is 90.2 Å². The summed E-state index contributed by atoms with van der Waals surface area (Å²) in [5.74, 6) is -0.384. The van der Waals surface area contributed by atoms with E-state index in [1.54, 1.807) is 17.4 Å². The molecule has 160 valence electrons. The lowest BCUT2D eigenvalue weighted by Crippen LogP contribution is -2.55. The first-order valence-electron chi connectivity index (χ1n) is 9.83. The zero-order chi connectivity index (χ0) is 21.6. The van der Waals surface area contributed by atoms with E-state index in [0.29, 0.717) is 11.1 Å². The Morgan fingerprint density at radius 2 is 1.73 bits per heavy atom. The molecule has 5 atom stereocenters. The fraction of sp³-hybridized carbons (Fsp3) is 0.391. The molecule has 0 spiro atoms. The highest BCUT2D eigenvalue weighted by Crippen LogP contribution is 2.41. The summed E-state index contributed by atoms with van der Waals surface area (Å²) in [6, 6.07) is 14.5. The van der Waals surface area contributed by atoms with Gasteiger partial charge in [0.25, 0.3) is 0 Å². The van der Waals surface area contributed by atoms with Crippen LogP contribution in [0.2, 0.25) is 0 Å². The van der Waals surface area contributed by atoms with Gasteiger partial charge in [-0.05, 0) is 40.8 Å². The quantitative estimate of drug-likeness (QED) is 0.509. The number of aliphatic hydroxyl groups is 4. The summed E-state index contributed by atoms with van der Waals surface area (Å²) in [6.07, 6.45) is -6.34. The van der Waals surface area contributed by atoms with Gasteiger partial charge in [-0.2, -0.15) is 0 Å². The summed E-state index contributed by atoms with van der Waals surface area (Å²) in [4.78, 5) is 0.994. The number of hydrogen-bond acceptors (Lipinski definition) is 6. The Morgan fingerprint density at radius 3 is 2.43 bits per heavy atom. The summed E-state index contributed by atoms with van der Waals surface area (Å²) in [5.41, 5.74) is 0.249. The van der Waals surface area contributed by atoms with E-state index in [4.69, 9.17) is 4.74 Å². The van der Waals surface area contributed by atoms with E-state index in [0.717, 1.165) is 15.0 Å². The predicted molar refractivity (Wildman–Crippen MR) is 113 cm³/mol. The molecule has 0 bridgehead atoms. The number of fused-ring (bicyclic) bond motifs is 1. The molecule has 1 aliphatic rings. The molecule has 4 rings (SSSR count). The number of ether oxygens (including phenoxy) is 1. The largest absolute Gasteiger partial charge is 0.394 e. The molecule has 0 radical (unpaired) electrons. The predicted octanol–water partition coefficient (Wildman–Crippen LogP) is 2.88. The van der Waals surface area contributed by atoms with Crippen LogP contribution in [0.1, 0.15) is 36.0 Å². The molecule has 1 fully saturated rings. The van der Waals surface area contributed by atoms with Crippen LogP contribution in [0.4, 0.5) is 4.39 Å². The lowest BCUT2D eigenvalue weighted by molar-refractivity contribution is -0.231. The molecule has 1 saturated heterocycles. The van der Waals surface area contributed by atoms with Crippen molar-refractivity contribution in [1.82, 2.24) is 0 Å². The molecule has 2 aromatic carbocycles. The lowest BCUT2D eigenvalue weighted by Gasteiger charge is -2.40. The second kappa shape index (κ2) is 8.00. The molecule has 7 heteroatoms. The van der Waals surface area contributed by atoms with E-state index in [1.807, 2.05) is 38.1 Å². The minimum Gasteiger partial charge on any atom is -0.394 e. The number of benzene rings is 2. The standard InChI is InChI=1S/C23H25FO5S/c1-23(2,18-10-12-5-3-4-6-17(12)30-18)14-9-13(7-8-15(14)24)22-21(28)20(27)19(26)16(11-25)29-22/h3-10,16,19-22,25-28H,11H2,1-2H3/t16-,19-,20+,21-,22+/m1/s1. The van der Waals surface area contributed by atoms with Crippen molar-refractivity contribution < 1.29 is 29.6 Å². The van der Waals surface area contributed by atoms with E-state index in [2.05, 4.69) is 6.07 Å². The van der Waals surface area contributed by atoms with Crippen molar-refractivity contribution in [1.29, 1.82) is 0 Å². The molecule has 0 unspecified atom stereocenters. The Hall–Kier alpha value is -1.87. The van der Waals surface area contributed by atoms with Crippen LogP contribution in [0.25, 0.3) is 10.1 Å². The van der Waals surface area contributed by atoms with E-state index >= 15 is 0 Å². The minimum absolute atomic E-state index is 0.384. The average molecular weight is 433 g/mol. The van der Waals surface area contributed by atoms with Gasteiger partial charge < -0.3 is 25.2 Å². The Bertz CT molecular complexity index is 1010.